The maximum absolute atomic E-state index is 12.8. The Balaban J connectivity index is 1.79. The van der Waals surface area contributed by atoms with E-state index in [4.69, 9.17) is 25.8 Å². The molecule has 0 radical (unpaired) electrons. The fraction of sp³-hybridized carbons (Fsp3) is 0.227. The molecule has 3 amide bonds. The summed E-state index contributed by atoms with van der Waals surface area (Å²) in [7, 11) is 4.46. The van der Waals surface area contributed by atoms with E-state index in [1.165, 1.54) is 27.4 Å². The lowest BCUT2D eigenvalue weighted by Gasteiger charge is -2.13. The van der Waals surface area contributed by atoms with Crippen LogP contribution >= 0.6 is 23.4 Å². The average molecular weight is 477 g/mol. The van der Waals surface area contributed by atoms with Crippen molar-refractivity contribution in [3.63, 3.8) is 0 Å². The van der Waals surface area contributed by atoms with Gasteiger partial charge in [-0.1, -0.05) is 17.7 Å². The van der Waals surface area contributed by atoms with Crippen LogP contribution in [0.2, 0.25) is 5.02 Å². The zero-order valence-corrected chi connectivity index (χ0v) is 19.4. The lowest BCUT2D eigenvalue weighted by Crippen LogP contribution is -2.36. The minimum absolute atomic E-state index is 0.159. The summed E-state index contributed by atoms with van der Waals surface area (Å²) >= 11 is 6.81. The lowest BCUT2D eigenvalue weighted by atomic mass is 10.1. The Labute approximate surface area is 194 Å². The van der Waals surface area contributed by atoms with Gasteiger partial charge < -0.3 is 19.5 Å². The van der Waals surface area contributed by atoms with Crippen LogP contribution in [0.3, 0.4) is 0 Å². The molecule has 1 saturated heterocycles. The number of hydrogen-bond donors (Lipinski definition) is 1. The molecule has 1 aliphatic rings. The van der Waals surface area contributed by atoms with Gasteiger partial charge >= 0.3 is 0 Å². The average Bonchev–Trinajstić information content (AvgIpc) is 3.03. The number of anilines is 1. The van der Waals surface area contributed by atoms with Gasteiger partial charge in [-0.2, -0.15) is 0 Å². The minimum Gasteiger partial charge on any atom is -0.496 e. The molecule has 10 heteroatoms. The molecule has 1 N–H and O–H groups in total. The van der Waals surface area contributed by atoms with E-state index in [2.05, 4.69) is 5.32 Å². The van der Waals surface area contributed by atoms with E-state index in [0.29, 0.717) is 33.5 Å². The van der Waals surface area contributed by atoms with Gasteiger partial charge in [-0.05, 0) is 48.5 Å². The monoisotopic (exact) mass is 476 g/mol. The fourth-order valence-electron chi connectivity index (χ4n) is 2.96. The number of imide groups is 1. The predicted octanol–water partition coefficient (Wildman–Crippen LogP) is 4.35. The van der Waals surface area contributed by atoms with Crippen LogP contribution in [0.15, 0.2) is 35.2 Å². The second kappa shape index (κ2) is 9.97. The molecule has 0 spiro atoms. The Hall–Kier alpha value is -3.17. The fourth-order valence-corrected chi connectivity index (χ4v) is 3.97. The zero-order valence-electron chi connectivity index (χ0n) is 17.9. The predicted molar refractivity (Wildman–Crippen MR) is 124 cm³/mol. The van der Waals surface area contributed by atoms with Crippen molar-refractivity contribution >= 4 is 52.2 Å². The highest BCUT2D eigenvalue weighted by atomic mass is 35.5. The molecule has 0 bridgehead atoms. The van der Waals surface area contributed by atoms with Crippen molar-refractivity contribution in [2.45, 2.75) is 6.92 Å². The number of nitrogens with one attached hydrogen (secondary N) is 1. The van der Waals surface area contributed by atoms with Crippen LogP contribution in [0, 0.1) is 6.92 Å². The molecule has 0 aliphatic carbocycles. The van der Waals surface area contributed by atoms with Gasteiger partial charge in [-0.15, -0.1) is 0 Å². The van der Waals surface area contributed by atoms with Crippen molar-refractivity contribution < 1.29 is 28.6 Å². The summed E-state index contributed by atoms with van der Waals surface area (Å²) < 4.78 is 15.9. The highest BCUT2D eigenvalue weighted by Gasteiger charge is 2.36. The Morgan fingerprint density at radius 1 is 1.06 bits per heavy atom. The number of ether oxygens (including phenoxy) is 3. The van der Waals surface area contributed by atoms with E-state index < -0.39 is 23.6 Å². The summed E-state index contributed by atoms with van der Waals surface area (Å²) in [6, 6.07) is 8.31. The normalized spacial score (nSPS) is 14.7. The maximum Gasteiger partial charge on any atom is 0.294 e. The third-order valence-electron chi connectivity index (χ3n) is 4.65. The van der Waals surface area contributed by atoms with Crippen LogP contribution in [0.1, 0.15) is 11.1 Å². The van der Waals surface area contributed by atoms with E-state index in [0.717, 1.165) is 22.2 Å². The zero-order chi connectivity index (χ0) is 23.4. The number of thioether (sulfide) groups is 1. The molecule has 32 heavy (non-hydrogen) atoms. The van der Waals surface area contributed by atoms with Crippen LogP contribution in [-0.2, 0) is 9.59 Å². The van der Waals surface area contributed by atoms with Crippen molar-refractivity contribution in [1.82, 2.24) is 4.90 Å². The molecule has 1 aliphatic heterocycles. The van der Waals surface area contributed by atoms with Gasteiger partial charge in [-0.3, -0.25) is 19.3 Å². The van der Waals surface area contributed by atoms with Crippen LogP contribution in [-0.4, -0.2) is 49.8 Å². The smallest absolute Gasteiger partial charge is 0.294 e. The summed E-state index contributed by atoms with van der Waals surface area (Å²) in [5.41, 5.74) is 1.86. The quantitative estimate of drug-likeness (QED) is 0.593. The van der Waals surface area contributed by atoms with Crippen molar-refractivity contribution in [2.75, 3.05) is 33.2 Å². The number of methoxy groups -OCH3 is 3. The van der Waals surface area contributed by atoms with E-state index >= 15 is 0 Å². The van der Waals surface area contributed by atoms with Crippen LogP contribution in [0.4, 0.5) is 10.5 Å². The Kier molecular flexibility index (Phi) is 7.32. The molecular formula is C22H21ClN2O6S. The van der Waals surface area contributed by atoms with Gasteiger partial charge in [0.15, 0.2) is 11.5 Å². The number of carbonyl (C=O) groups is 3. The third-order valence-corrected chi connectivity index (χ3v) is 5.97. The van der Waals surface area contributed by atoms with Crippen LogP contribution in [0.25, 0.3) is 6.08 Å². The highest BCUT2D eigenvalue weighted by Crippen LogP contribution is 2.38. The summed E-state index contributed by atoms with van der Waals surface area (Å²) in [6.45, 7) is 1.42. The summed E-state index contributed by atoms with van der Waals surface area (Å²) in [4.78, 5) is 38.6. The molecule has 0 unspecified atom stereocenters. The second-order valence-electron chi connectivity index (χ2n) is 6.73. The van der Waals surface area contributed by atoms with Gasteiger partial charge in [-0.25, -0.2) is 0 Å². The van der Waals surface area contributed by atoms with Gasteiger partial charge in [0.05, 0.1) is 26.2 Å². The molecule has 2 aromatic carbocycles. The molecule has 0 saturated carbocycles. The van der Waals surface area contributed by atoms with E-state index in [-0.39, 0.29) is 4.91 Å². The van der Waals surface area contributed by atoms with E-state index in [9.17, 15) is 14.4 Å². The van der Waals surface area contributed by atoms with Crippen molar-refractivity contribution in [3.05, 3.63) is 51.4 Å². The molecule has 0 atom stereocenters. The van der Waals surface area contributed by atoms with Crippen LogP contribution < -0.4 is 19.5 Å². The Morgan fingerprint density at radius 3 is 2.34 bits per heavy atom. The molecule has 8 nitrogen and oxygen atoms in total. The standard InChI is InChI=1S/C22H21ClN2O6S/c1-12-5-6-14(9-15(12)23)24-20(26)11-25-21(27)19(32-22(25)28)8-13-7-17(30-3)18(31-4)10-16(13)29-2/h5-10H,11H2,1-4H3,(H,24,26)/b19-8-. The lowest BCUT2D eigenvalue weighted by molar-refractivity contribution is -0.127. The number of nitrogens with zero attached hydrogens (tertiary/aromatic N) is 1. The summed E-state index contributed by atoms with van der Waals surface area (Å²) in [5.74, 6) is 0.243. The molecule has 3 rings (SSSR count). The first-order valence-corrected chi connectivity index (χ1v) is 10.6. The second-order valence-corrected chi connectivity index (χ2v) is 8.13. The molecule has 1 fully saturated rings. The number of amides is 3. The Bertz CT molecular complexity index is 1120. The molecule has 2 aromatic rings. The van der Waals surface area contributed by atoms with Crippen molar-refractivity contribution in [2.24, 2.45) is 0 Å². The first-order valence-electron chi connectivity index (χ1n) is 9.38. The number of benzene rings is 2. The molecule has 0 aromatic heterocycles. The molecule has 1 heterocycles. The third kappa shape index (κ3) is 5.00. The van der Waals surface area contributed by atoms with E-state index in [1.807, 2.05) is 6.92 Å². The van der Waals surface area contributed by atoms with Crippen LogP contribution in [0.5, 0.6) is 17.2 Å². The number of carbonyl (C=O) groups excluding carboxylic acids is 3. The number of halogens is 1. The SMILES string of the molecule is COc1cc(OC)c(OC)cc1/C=C1\SC(=O)N(CC(=O)Nc2ccc(C)c(Cl)c2)C1=O. The summed E-state index contributed by atoms with van der Waals surface area (Å²) in [6.07, 6.45) is 1.52. The van der Waals surface area contributed by atoms with Crippen molar-refractivity contribution in [3.8, 4) is 17.2 Å². The van der Waals surface area contributed by atoms with E-state index in [1.54, 1.807) is 30.3 Å². The number of aryl methyl sites for hydroxylation is 1. The molecule has 168 valence electrons. The Morgan fingerprint density at radius 2 is 1.72 bits per heavy atom. The summed E-state index contributed by atoms with van der Waals surface area (Å²) in [5, 5.41) is 2.60. The van der Waals surface area contributed by atoms with Crippen molar-refractivity contribution in [1.29, 1.82) is 0 Å². The number of hydrogen-bond acceptors (Lipinski definition) is 7. The van der Waals surface area contributed by atoms with Gasteiger partial charge in [0, 0.05) is 22.3 Å². The van der Waals surface area contributed by atoms with Gasteiger partial charge in [0.2, 0.25) is 5.91 Å². The minimum atomic E-state index is -0.575. The molecular weight excluding hydrogens is 456 g/mol. The van der Waals surface area contributed by atoms with Gasteiger partial charge in [0.25, 0.3) is 11.1 Å². The first kappa shape index (κ1) is 23.5. The highest BCUT2D eigenvalue weighted by molar-refractivity contribution is 8.18. The number of rotatable bonds is 7. The first-order chi connectivity index (χ1) is 15.3. The maximum atomic E-state index is 12.8. The van der Waals surface area contributed by atoms with Gasteiger partial charge in [0.1, 0.15) is 12.3 Å². The topological polar surface area (TPSA) is 94.2 Å². The largest absolute Gasteiger partial charge is 0.496 e.